The first-order valence-electron chi connectivity index (χ1n) is 5.57. The fourth-order valence-corrected chi connectivity index (χ4v) is 1.30. The van der Waals surface area contributed by atoms with Gasteiger partial charge in [-0.15, -0.1) is 6.58 Å². The molecule has 4 nitrogen and oxygen atoms in total. The first-order valence-corrected chi connectivity index (χ1v) is 5.57. The van der Waals surface area contributed by atoms with Crippen molar-refractivity contribution in [2.24, 2.45) is 5.41 Å². The minimum atomic E-state index is -0.354. The van der Waals surface area contributed by atoms with E-state index in [-0.39, 0.29) is 24.3 Å². The summed E-state index contributed by atoms with van der Waals surface area (Å²) in [6, 6.07) is 0. The molecule has 4 heteroatoms. The van der Waals surface area contributed by atoms with Crippen molar-refractivity contribution in [3.8, 4) is 0 Å². The molecule has 0 spiro atoms. The number of hydrogen-bond donors (Lipinski definition) is 0. The molecule has 0 aromatic heterocycles. The largest absolute Gasteiger partial charge is 0.463 e. The molecule has 0 aliphatic heterocycles. The van der Waals surface area contributed by atoms with Crippen LogP contribution in [0.5, 0.6) is 0 Å². The first kappa shape index (κ1) is 15.9. The molecule has 0 aliphatic carbocycles. The lowest BCUT2D eigenvalue weighted by Crippen LogP contribution is -2.29. The van der Waals surface area contributed by atoms with Crippen molar-refractivity contribution in [2.45, 2.75) is 26.9 Å². The van der Waals surface area contributed by atoms with Crippen LogP contribution in [0.4, 0.5) is 0 Å². The Kier molecular flexibility index (Phi) is 7.50. The summed E-state index contributed by atoms with van der Waals surface area (Å²) in [4.78, 5) is 11.2. The predicted molar refractivity (Wildman–Crippen MR) is 66.5 cm³/mol. The number of rotatable bonds is 8. The Bertz CT molecular complexity index is 269. The van der Waals surface area contributed by atoms with Crippen molar-refractivity contribution in [1.82, 2.24) is 0 Å². The summed E-state index contributed by atoms with van der Waals surface area (Å²) >= 11 is 0. The molecule has 0 aromatic carbocycles. The van der Waals surface area contributed by atoms with Crippen molar-refractivity contribution in [2.75, 3.05) is 20.5 Å². The number of methoxy groups -OCH3 is 1. The van der Waals surface area contributed by atoms with E-state index in [9.17, 15) is 4.79 Å². The van der Waals surface area contributed by atoms with E-state index in [0.29, 0.717) is 6.61 Å². The zero-order valence-electron chi connectivity index (χ0n) is 11.1. The minimum Gasteiger partial charge on any atom is -0.463 e. The van der Waals surface area contributed by atoms with Crippen molar-refractivity contribution in [1.29, 1.82) is 0 Å². The third-order valence-electron chi connectivity index (χ3n) is 2.25. The number of hydrogen-bond acceptors (Lipinski definition) is 4. The van der Waals surface area contributed by atoms with Gasteiger partial charge >= 0.3 is 5.97 Å². The van der Waals surface area contributed by atoms with E-state index < -0.39 is 0 Å². The maximum atomic E-state index is 11.2. The van der Waals surface area contributed by atoms with E-state index in [1.165, 1.54) is 6.08 Å². The molecule has 0 saturated heterocycles. The molecule has 0 amide bonds. The van der Waals surface area contributed by atoms with Gasteiger partial charge in [-0.2, -0.15) is 0 Å². The summed E-state index contributed by atoms with van der Waals surface area (Å²) in [6.45, 7) is 9.94. The van der Waals surface area contributed by atoms with Crippen LogP contribution in [0.25, 0.3) is 0 Å². The second kappa shape index (κ2) is 8.03. The standard InChI is InChI=1S/C13H22O4/c1-6-11(17-10-15-5)13(3,4)9-8-12(14)16-7-2/h6,8-9,11H,1,7,10H2,2-5H3/b9-8+/t11-/m0/s1. The normalized spacial score (nSPS) is 13.6. The van der Waals surface area contributed by atoms with Crippen molar-refractivity contribution in [3.05, 3.63) is 24.8 Å². The van der Waals surface area contributed by atoms with Crippen molar-refractivity contribution < 1.29 is 19.0 Å². The van der Waals surface area contributed by atoms with Gasteiger partial charge in [-0.3, -0.25) is 0 Å². The Hall–Kier alpha value is -1.13. The molecule has 0 N–H and O–H groups in total. The summed E-state index contributed by atoms with van der Waals surface area (Å²) in [5.74, 6) is -0.352. The maximum Gasteiger partial charge on any atom is 0.330 e. The molecule has 0 unspecified atom stereocenters. The molecule has 0 bridgehead atoms. The van der Waals surface area contributed by atoms with Crippen LogP contribution >= 0.6 is 0 Å². The second-order valence-electron chi connectivity index (χ2n) is 4.14. The molecule has 98 valence electrons. The van der Waals surface area contributed by atoms with Crippen molar-refractivity contribution in [3.63, 3.8) is 0 Å². The topological polar surface area (TPSA) is 44.8 Å². The lowest BCUT2D eigenvalue weighted by molar-refractivity contribution is -0.137. The highest BCUT2D eigenvalue weighted by Crippen LogP contribution is 2.26. The van der Waals surface area contributed by atoms with Gasteiger partial charge in [0.1, 0.15) is 6.79 Å². The number of carbonyl (C=O) groups excluding carboxylic acids is 1. The lowest BCUT2D eigenvalue weighted by atomic mass is 9.86. The smallest absolute Gasteiger partial charge is 0.330 e. The van der Waals surface area contributed by atoms with E-state index in [1.807, 2.05) is 13.8 Å². The molecular weight excluding hydrogens is 220 g/mol. The van der Waals surface area contributed by atoms with Crippen LogP contribution in [0, 0.1) is 5.41 Å². The Morgan fingerprint density at radius 2 is 2.12 bits per heavy atom. The summed E-state index contributed by atoms with van der Waals surface area (Å²) in [5, 5.41) is 0. The van der Waals surface area contributed by atoms with E-state index in [4.69, 9.17) is 14.2 Å². The van der Waals surface area contributed by atoms with Gasteiger partial charge in [-0.05, 0) is 6.92 Å². The molecule has 0 saturated carbocycles. The van der Waals surface area contributed by atoms with Gasteiger partial charge in [0.25, 0.3) is 0 Å². The Labute approximate surface area is 103 Å². The van der Waals surface area contributed by atoms with Crippen LogP contribution in [0.2, 0.25) is 0 Å². The monoisotopic (exact) mass is 242 g/mol. The van der Waals surface area contributed by atoms with E-state index in [2.05, 4.69) is 6.58 Å². The summed E-state index contributed by atoms with van der Waals surface area (Å²) in [5.41, 5.74) is -0.354. The summed E-state index contributed by atoms with van der Waals surface area (Å²) in [6.07, 6.45) is 4.63. The SMILES string of the molecule is C=C[C@H](OCOC)C(C)(C)/C=C/C(=O)OCC. The maximum absolute atomic E-state index is 11.2. The number of carbonyl (C=O) groups is 1. The average molecular weight is 242 g/mol. The van der Waals surface area contributed by atoms with Gasteiger partial charge in [0, 0.05) is 18.6 Å². The molecule has 0 fully saturated rings. The highest BCUT2D eigenvalue weighted by atomic mass is 16.7. The highest BCUT2D eigenvalue weighted by Gasteiger charge is 2.25. The fourth-order valence-electron chi connectivity index (χ4n) is 1.30. The summed E-state index contributed by atoms with van der Waals surface area (Å²) < 4.78 is 15.1. The van der Waals surface area contributed by atoms with Gasteiger partial charge in [0.15, 0.2) is 0 Å². The quantitative estimate of drug-likeness (QED) is 0.283. The Balaban J connectivity index is 4.50. The van der Waals surface area contributed by atoms with Crippen LogP contribution in [-0.4, -0.2) is 32.6 Å². The van der Waals surface area contributed by atoms with Crippen LogP contribution in [0.3, 0.4) is 0 Å². The lowest BCUT2D eigenvalue weighted by Gasteiger charge is -2.28. The molecule has 0 radical (unpaired) electrons. The van der Waals surface area contributed by atoms with Crippen LogP contribution < -0.4 is 0 Å². The van der Waals surface area contributed by atoms with Gasteiger partial charge in [0.05, 0.1) is 12.7 Å². The fraction of sp³-hybridized carbons (Fsp3) is 0.615. The third-order valence-corrected chi connectivity index (χ3v) is 2.25. The Morgan fingerprint density at radius 1 is 1.47 bits per heavy atom. The first-order chi connectivity index (χ1) is 7.97. The van der Waals surface area contributed by atoms with Crippen LogP contribution in [-0.2, 0) is 19.0 Å². The number of esters is 1. The molecule has 0 aliphatic rings. The highest BCUT2D eigenvalue weighted by molar-refractivity contribution is 5.82. The van der Waals surface area contributed by atoms with E-state index in [1.54, 1.807) is 26.2 Å². The zero-order chi connectivity index (χ0) is 13.3. The zero-order valence-corrected chi connectivity index (χ0v) is 11.1. The Morgan fingerprint density at radius 3 is 2.59 bits per heavy atom. The van der Waals surface area contributed by atoms with Gasteiger partial charge in [-0.1, -0.05) is 26.0 Å². The molecule has 1 atom stereocenters. The average Bonchev–Trinajstić information content (AvgIpc) is 2.28. The van der Waals surface area contributed by atoms with E-state index in [0.717, 1.165) is 0 Å². The van der Waals surface area contributed by atoms with Crippen LogP contribution in [0.1, 0.15) is 20.8 Å². The molecule has 0 heterocycles. The van der Waals surface area contributed by atoms with E-state index >= 15 is 0 Å². The molecule has 0 rings (SSSR count). The molecule has 17 heavy (non-hydrogen) atoms. The molecule has 0 aromatic rings. The second-order valence-corrected chi connectivity index (χ2v) is 4.14. The van der Waals surface area contributed by atoms with Gasteiger partial charge < -0.3 is 14.2 Å². The number of ether oxygens (including phenoxy) is 3. The third kappa shape index (κ3) is 6.24. The minimum absolute atomic E-state index is 0.188. The predicted octanol–water partition coefficient (Wildman–Crippen LogP) is 2.31. The summed E-state index contributed by atoms with van der Waals surface area (Å²) in [7, 11) is 1.56. The molecular formula is C13H22O4. The van der Waals surface area contributed by atoms with Crippen molar-refractivity contribution >= 4 is 5.97 Å². The van der Waals surface area contributed by atoms with Gasteiger partial charge in [0.2, 0.25) is 0 Å². The van der Waals surface area contributed by atoms with Gasteiger partial charge in [-0.25, -0.2) is 4.79 Å². The van der Waals surface area contributed by atoms with Crippen LogP contribution in [0.15, 0.2) is 24.8 Å².